The fraction of sp³-hybridized carbons (Fsp3) is 1.00. The van der Waals surface area contributed by atoms with Crippen LogP contribution in [0.15, 0.2) is 0 Å². The van der Waals surface area contributed by atoms with Gasteiger partial charge in [0.1, 0.15) is 0 Å². The van der Waals surface area contributed by atoms with Gasteiger partial charge < -0.3 is 15.2 Å². The van der Waals surface area contributed by atoms with Crippen molar-refractivity contribution in [1.29, 1.82) is 0 Å². The Labute approximate surface area is 106 Å². The predicted molar refractivity (Wildman–Crippen MR) is 71.2 cm³/mol. The van der Waals surface area contributed by atoms with E-state index in [0.717, 1.165) is 51.8 Å². The lowest BCUT2D eigenvalue weighted by Gasteiger charge is -2.39. The van der Waals surface area contributed by atoms with E-state index in [2.05, 4.69) is 26.1 Å². The summed E-state index contributed by atoms with van der Waals surface area (Å²) >= 11 is 0. The number of hydrogen-bond donors (Lipinski definition) is 2. The summed E-state index contributed by atoms with van der Waals surface area (Å²) in [5.74, 6) is 0. The molecule has 1 aliphatic carbocycles. The Morgan fingerprint density at radius 3 is 2.53 bits per heavy atom. The number of nitrogens with one attached hydrogen (secondary N) is 1. The van der Waals surface area contributed by atoms with Crippen LogP contribution in [0, 0.1) is 5.41 Å². The summed E-state index contributed by atoms with van der Waals surface area (Å²) in [7, 11) is 0. The van der Waals surface area contributed by atoms with Crippen LogP contribution in [0.1, 0.15) is 52.9 Å². The van der Waals surface area contributed by atoms with E-state index in [1.54, 1.807) is 0 Å². The lowest BCUT2D eigenvalue weighted by atomic mass is 9.71. The average molecular weight is 243 g/mol. The molecular formula is C14H29NO2. The first-order valence-electron chi connectivity index (χ1n) is 7.08. The Hall–Kier alpha value is -0.120. The number of hydrogen-bond acceptors (Lipinski definition) is 3. The lowest BCUT2D eigenvalue weighted by Crippen LogP contribution is -2.39. The van der Waals surface area contributed by atoms with Crippen molar-refractivity contribution in [1.82, 2.24) is 5.32 Å². The standard InChI is InChI=1S/C14H29NO2/c1-4-15-11-14(9-10-17-12(2)3)7-5-13(16)6-8-14/h12-13,15-16H,4-11H2,1-3H3. The predicted octanol–water partition coefficient (Wildman–Crippen LogP) is 2.33. The number of ether oxygens (including phenoxy) is 1. The molecule has 0 heterocycles. The van der Waals surface area contributed by atoms with Crippen LogP contribution in [-0.2, 0) is 4.74 Å². The molecule has 3 heteroatoms. The minimum Gasteiger partial charge on any atom is -0.393 e. The summed E-state index contributed by atoms with van der Waals surface area (Å²) in [6, 6.07) is 0. The van der Waals surface area contributed by atoms with Crippen molar-refractivity contribution in [3.63, 3.8) is 0 Å². The van der Waals surface area contributed by atoms with Gasteiger partial charge in [-0.3, -0.25) is 0 Å². The van der Waals surface area contributed by atoms with Crippen LogP contribution in [0.5, 0.6) is 0 Å². The van der Waals surface area contributed by atoms with Crippen LogP contribution in [0.4, 0.5) is 0 Å². The third-order valence-corrected chi connectivity index (χ3v) is 3.85. The Bertz CT molecular complexity index is 193. The first kappa shape index (κ1) is 14.9. The molecule has 0 aliphatic heterocycles. The molecule has 0 bridgehead atoms. The Morgan fingerprint density at radius 1 is 1.35 bits per heavy atom. The van der Waals surface area contributed by atoms with E-state index in [4.69, 9.17) is 4.74 Å². The summed E-state index contributed by atoms with van der Waals surface area (Å²) in [4.78, 5) is 0. The lowest BCUT2D eigenvalue weighted by molar-refractivity contribution is 0.0149. The molecule has 1 saturated carbocycles. The van der Waals surface area contributed by atoms with Gasteiger partial charge in [-0.15, -0.1) is 0 Å². The molecule has 1 fully saturated rings. The highest BCUT2D eigenvalue weighted by atomic mass is 16.5. The Balaban J connectivity index is 2.41. The molecule has 1 aliphatic rings. The summed E-state index contributed by atoms with van der Waals surface area (Å²) in [6.07, 6.45) is 5.52. The van der Waals surface area contributed by atoms with Gasteiger partial charge in [0.25, 0.3) is 0 Å². The third-order valence-electron chi connectivity index (χ3n) is 3.85. The van der Waals surface area contributed by atoms with E-state index in [-0.39, 0.29) is 6.10 Å². The van der Waals surface area contributed by atoms with Crippen LogP contribution in [0.25, 0.3) is 0 Å². The first-order valence-corrected chi connectivity index (χ1v) is 7.08. The second-order valence-corrected chi connectivity index (χ2v) is 5.68. The number of rotatable bonds is 7. The van der Waals surface area contributed by atoms with Crippen molar-refractivity contribution in [2.45, 2.75) is 65.1 Å². The minimum atomic E-state index is -0.0734. The third kappa shape index (κ3) is 5.36. The fourth-order valence-electron chi connectivity index (χ4n) is 2.63. The van der Waals surface area contributed by atoms with Crippen molar-refractivity contribution in [3.8, 4) is 0 Å². The molecular weight excluding hydrogens is 214 g/mol. The van der Waals surface area contributed by atoms with Gasteiger partial charge in [0.15, 0.2) is 0 Å². The molecule has 0 saturated heterocycles. The zero-order chi connectivity index (χ0) is 12.7. The van der Waals surface area contributed by atoms with E-state index >= 15 is 0 Å². The second kappa shape index (κ2) is 7.34. The van der Waals surface area contributed by atoms with E-state index in [0.29, 0.717) is 11.5 Å². The maximum Gasteiger partial charge on any atom is 0.0540 e. The van der Waals surface area contributed by atoms with Gasteiger partial charge >= 0.3 is 0 Å². The van der Waals surface area contributed by atoms with Gasteiger partial charge in [0.2, 0.25) is 0 Å². The van der Waals surface area contributed by atoms with Crippen molar-refractivity contribution < 1.29 is 9.84 Å². The highest BCUT2D eigenvalue weighted by molar-refractivity contribution is 4.87. The molecule has 0 spiro atoms. The first-order chi connectivity index (χ1) is 8.08. The highest BCUT2D eigenvalue weighted by Gasteiger charge is 2.34. The van der Waals surface area contributed by atoms with Crippen LogP contribution in [0.2, 0.25) is 0 Å². The molecule has 0 aromatic carbocycles. The topological polar surface area (TPSA) is 41.5 Å². The van der Waals surface area contributed by atoms with Gasteiger partial charge in [0, 0.05) is 13.2 Å². The van der Waals surface area contributed by atoms with E-state index in [1.807, 2.05) is 0 Å². The molecule has 0 aromatic heterocycles. The molecule has 0 amide bonds. The number of aliphatic hydroxyl groups excluding tert-OH is 1. The molecule has 0 aromatic rings. The Kier molecular flexibility index (Phi) is 6.45. The van der Waals surface area contributed by atoms with Gasteiger partial charge in [-0.2, -0.15) is 0 Å². The molecule has 0 atom stereocenters. The van der Waals surface area contributed by atoms with Crippen LogP contribution < -0.4 is 5.32 Å². The van der Waals surface area contributed by atoms with Crippen molar-refractivity contribution in [2.75, 3.05) is 19.7 Å². The summed E-state index contributed by atoms with van der Waals surface area (Å²) in [5.41, 5.74) is 0.351. The normalized spacial score (nSPS) is 29.8. The van der Waals surface area contributed by atoms with Gasteiger partial charge in [-0.1, -0.05) is 6.92 Å². The molecule has 0 radical (unpaired) electrons. The minimum absolute atomic E-state index is 0.0734. The van der Waals surface area contributed by atoms with Gasteiger partial charge in [-0.25, -0.2) is 0 Å². The monoisotopic (exact) mass is 243 g/mol. The maximum absolute atomic E-state index is 9.63. The van der Waals surface area contributed by atoms with Crippen LogP contribution in [0.3, 0.4) is 0 Å². The van der Waals surface area contributed by atoms with Crippen molar-refractivity contribution in [2.24, 2.45) is 5.41 Å². The smallest absolute Gasteiger partial charge is 0.0540 e. The molecule has 2 N–H and O–H groups in total. The second-order valence-electron chi connectivity index (χ2n) is 5.68. The van der Waals surface area contributed by atoms with E-state index in [1.165, 1.54) is 0 Å². The number of aliphatic hydroxyl groups is 1. The van der Waals surface area contributed by atoms with E-state index < -0.39 is 0 Å². The van der Waals surface area contributed by atoms with Gasteiger partial charge in [-0.05, 0) is 57.9 Å². The molecule has 1 rings (SSSR count). The molecule has 102 valence electrons. The van der Waals surface area contributed by atoms with Crippen LogP contribution >= 0.6 is 0 Å². The molecule has 17 heavy (non-hydrogen) atoms. The maximum atomic E-state index is 9.63. The summed E-state index contributed by atoms with van der Waals surface area (Å²) < 4.78 is 5.69. The van der Waals surface area contributed by atoms with E-state index in [9.17, 15) is 5.11 Å². The molecule has 3 nitrogen and oxygen atoms in total. The zero-order valence-electron chi connectivity index (χ0n) is 11.7. The summed E-state index contributed by atoms with van der Waals surface area (Å²) in [6.45, 7) is 9.26. The largest absolute Gasteiger partial charge is 0.393 e. The summed E-state index contributed by atoms with van der Waals surface area (Å²) in [5, 5.41) is 13.1. The average Bonchev–Trinajstić information content (AvgIpc) is 2.30. The van der Waals surface area contributed by atoms with Crippen molar-refractivity contribution >= 4 is 0 Å². The highest BCUT2D eigenvalue weighted by Crippen LogP contribution is 2.39. The SMILES string of the molecule is CCNCC1(CCOC(C)C)CCC(O)CC1. The van der Waals surface area contributed by atoms with Crippen LogP contribution in [-0.4, -0.2) is 37.0 Å². The van der Waals surface area contributed by atoms with Gasteiger partial charge in [0.05, 0.1) is 12.2 Å². The van der Waals surface area contributed by atoms with Crippen molar-refractivity contribution in [3.05, 3.63) is 0 Å². The fourth-order valence-corrected chi connectivity index (χ4v) is 2.63. The Morgan fingerprint density at radius 2 is 2.00 bits per heavy atom. The molecule has 0 unspecified atom stereocenters. The zero-order valence-corrected chi connectivity index (χ0v) is 11.7. The quantitative estimate of drug-likeness (QED) is 0.721.